The number of hydrogen-bond donors (Lipinski definition) is 0. The number of benzene rings is 1. The summed E-state index contributed by atoms with van der Waals surface area (Å²) in [5.41, 5.74) is -0.160. The number of imide groups is 1. The summed E-state index contributed by atoms with van der Waals surface area (Å²) < 4.78 is 43.8. The standard InChI is InChI=1S/C19H12F3N3O3/c1-10(25-17(26)12-4-2-3-5-13(12)18(25)27)15-9-14(24-28-15)11-6-7-23-16(8-11)19(20,21)22/h2-10H,1H3/t10-/m0/s1. The molecule has 9 heteroatoms. The molecule has 0 bridgehead atoms. The molecule has 3 aromatic rings. The molecule has 0 N–H and O–H groups in total. The SMILES string of the molecule is C[C@@H](c1cc(-c2ccnc(C(F)(F)F)c2)no1)N1C(=O)c2ccccc2C1=O. The van der Waals surface area contributed by atoms with E-state index in [1.165, 1.54) is 12.1 Å². The Morgan fingerprint density at radius 2 is 1.68 bits per heavy atom. The summed E-state index contributed by atoms with van der Waals surface area (Å²) in [6.07, 6.45) is -3.56. The summed E-state index contributed by atoms with van der Waals surface area (Å²) >= 11 is 0. The Balaban J connectivity index is 1.64. The third-order valence-corrected chi connectivity index (χ3v) is 4.50. The highest BCUT2D eigenvalue weighted by Gasteiger charge is 2.40. The number of carbonyl (C=O) groups excluding carboxylic acids is 2. The third kappa shape index (κ3) is 2.84. The number of rotatable bonds is 3. The van der Waals surface area contributed by atoms with Gasteiger partial charge in [-0.25, -0.2) is 0 Å². The van der Waals surface area contributed by atoms with Crippen molar-refractivity contribution in [2.75, 3.05) is 0 Å². The highest BCUT2D eigenvalue weighted by molar-refractivity contribution is 6.21. The molecular formula is C19H12F3N3O3. The van der Waals surface area contributed by atoms with Crippen LogP contribution < -0.4 is 0 Å². The maximum atomic E-state index is 12.8. The van der Waals surface area contributed by atoms with Crippen molar-refractivity contribution in [3.63, 3.8) is 0 Å². The molecule has 142 valence electrons. The van der Waals surface area contributed by atoms with E-state index in [1.54, 1.807) is 31.2 Å². The second-order valence-corrected chi connectivity index (χ2v) is 6.24. The molecule has 1 aliphatic rings. The molecule has 0 saturated carbocycles. The van der Waals surface area contributed by atoms with Crippen LogP contribution in [-0.2, 0) is 6.18 Å². The van der Waals surface area contributed by atoms with Crippen molar-refractivity contribution < 1.29 is 27.3 Å². The zero-order valence-electron chi connectivity index (χ0n) is 14.4. The lowest BCUT2D eigenvalue weighted by molar-refractivity contribution is -0.141. The van der Waals surface area contributed by atoms with E-state index in [2.05, 4.69) is 10.1 Å². The van der Waals surface area contributed by atoms with Crippen molar-refractivity contribution in [1.29, 1.82) is 0 Å². The van der Waals surface area contributed by atoms with Gasteiger partial charge in [0.1, 0.15) is 11.4 Å². The number of pyridine rings is 1. The summed E-state index contributed by atoms with van der Waals surface area (Å²) in [7, 11) is 0. The number of fused-ring (bicyclic) bond motifs is 1. The molecular weight excluding hydrogens is 375 g/mol. The molecule has 0 fully saturated rings. The summed E-state index contributed by atoms with van der Waals surface area (Å²) in [5.74, 6) is -0.751. The van der Waals surface area contributed by atoms with Crippen molar-refractivity contribution in [2.24, 2.45) is 0 Å². The molecule has 2 amide bonds. The van der Waals surface area contributed by atoms with Crippen molar-refractivity contribution in [3.05, 3.63) is 71.2 Å². The second kappa shape index (κ2) is 6.29. The van der Waals surface area contributed by atoms with Crippen LogP contribution in [0.1, 0.15) is 45.1 Å². The lowest BCUT2D eigenvalue weighted by Crippen LogP contribution is -2.32. The first-order valence-corrected chi connectivity index (χ1v) is 8.24. The Bertz CT molecular complexity index is 1060. The van der Waals surface area contributed by atoms with Crippen LogP contribution in [-0.4, -0.2) is 26.9 Å². The minimum absolute atomic E-state index is 0.145. The zero-order chi connectivity index (χ0) is 20.1. The van der Waals surface area contributed by atoms with Gasteiger partial charge in [0, 0.05) is 17.8 Å². The molecule has 1 atom stereocenters. The molecule has 0 radical (unpaired) electrons. The van der Waals surface area contributed by atoms with Crippen LogP contribution in [0.5, 0.6) is 0 Å². The second-order valence-electron chi connectivity index (χ2n) is 6.24. The molecule has 2 aromatic heterocycles. The van der Waals surface area contributed by atoms with E-state index < -0.39 is 29.7 Å². The summed E-state index contributed by atoms with van der Waals surface area (Å²) in [5, 5.41) is 3.78. The maximum absolute atomic E-state index is 12.8. The minimum Gasteiger partial charge on any atom is -0.359 e. The van der Waals surface area contributed by atoms with Gasteiger partial charge in [-0.3, -0.25) is 19.5 Å². The first-order valence-electron chi connectivity index (χ1n) is 8.24. The summed E-state index contributed by atoms with van der Waals surface area (Å²) in [6.45, 7) is 1.58. The van der Waals surface area contributed by atoms with Crippen molar-refractivity contribution >= 4 is 11.8 Å². The number of carbonyl (C=O) groups is 2. The zero-order valence-corrected chi connectivity index (χ0v) is 14.4. The molecule has 6 nitrogen and oxygen atoms in total. The number of halogens is 3. The molecule has 0 unspecified atom stereocenters. The van der Waals surface area contributed by atoms with Crippen molar-refractivity contribution in [2.45, 2.75) is 19.1 Å². The van der Waals surface area contributed by atoms with Crippen LogP contribution in [0.4, 0.5) is 13.2 Å². The molecule has 0 saturated heterocycles. The highest BCUT2D eigenvalue weighted by Crippen LogP contribution is 2.34. The molecule has 1 aliphatic heterocycles. The van der Waals surface area contributed by atoms with Crippen LogP contribution in [0, 0.1) is 0 Å². The molecule has 0 aliphatic carbocycles. The number of alkyl halides is 3. The van der Waals surface area contributed by atoms with Gasteiger partial charge in [0.25, 0.3) is 11.8 Å². The van der Waals surface area contributed by atoms with E-state index in [9.17, 15) is 22.8 Å². The number of aromatic nitrogens is 2. The third-order valence-electron chi connectivity index (χ3n) is 4.50. The lowest BCUT2D eigenvalue weighted by atomic mass is 10.1. The molecule has 3 heterocycles. The van der Waals surface area contributed by atoms with E-state index >= 15 is 0 Å². The Hall–Kier alpha value is -3.49. The normalized spacial score (nSPS) is 15.1. The van der Waals surface area contributed by atoms with Gasteiger partial charge in [0.2, 0.25) is 0 Å². The quantitative estimate of drug-likeness (QED) is 0.632. The van der Waals surface area contributed by atoms with Gasteiger partial charge in [0.15, 0.2) is 5.76 Å². The Morgan fingerprint density at radius 3 is 2.29 bits per heavy atom. The van der Waals surface area contributed by atoms with E-state index in [-0.39, 0.29) is 17.0 Å². The summed E-state index contributed by atoms with van der Waals surface area (Å²) in [4.78, 5) is 29.5. The number of nitrogens with zero attached hydrogens (tertiary/aromatic N) is 3. The van der Waals surface area contributed by atoms with Gasteiger partial charge in [-0.05, 0) is 31.2 Å². The van der Waals surface area contributed by atoms with Gasteiger partial charge >= 0.3 is 6.18 Å². The Kier molecular flexibility index (Phi) is 4.02. The van der Waals surface area contributed by atoms with Gasteiger partial charge in [-0.1, -0.05) is 17.3 Å². The number of hydrogen-bond acceptors (Lipinski definition) is 5. The Morgan fingerprint density at radius 1 is 1.04 bits per heavy atom. The largest absolute Gasteiger partial charge is 0.433 e. The lowest BCUT2D eigenvalue weighted by Gasteiger charge is -2.19. The smallest absolute Gasteiger partial charge is 0.359 e. The average molecular weight is 387 g/mol. The fraction of sp³-hybridized carbons (Fsp3) is 0.158. The monoisotopic (exact) mass is 387 g/mol. The van der Waals surface area contributed by atoms with Crippen LogP contribution in [0.3, 0.4) is 0 Å². The van der Waals surface area contributed by atoms with E-state index in [0.29, 0.717) is 11.1 Å². The Labute approximate surface area is 156 Å². The molecule has 28 heavy (non-hydrogen) atoms. The highest BCUT2D eigenvalue weighted by atomic mass is 19.4. The fourth-order valence-corrected chi connectivity index (χ4v) is 3.05. The van der Waals surface area contributed by atoms with E-state index in [1.807, 2.05) is 0 Å². The fourth-order valence-electron chi connectivity index (χ4n) is 3.05. The molecule has 1 aromatic carbocycles. The van der Waals surface area contributed by atoms with Crippen molar-refractivity contribution in [1.82, 2.24) is 15.0 Å². The van der Waals surface area contributed by atoms with Gasteiger partial charge in [0.05, 0.1) is 17.2 Å². The minimum atomic E-state index is -4.59. The van der Waals surface area contributed by atoms with E-state index in [0.717, 1.165) is 17.2 Å². The van der Waals surface area contributed by atoms with Gasteiger partial charge in [-0.15, -0.1) is 0 Å². The maximum Gasteiger partial charge on any atom is 0.433 e. The van der Waals surface area contributed by atoms with Gasteiger partial charge < -0.3 is 4.52 Å². The topological polar surface area (TPSA) is 76.3 Å². The average Bonchev–Trinajstić information content (AvgIpc) is 3.26. The van der Waals surface area contributed by atoms with Gasteiger partial charge in [-0.2, -0.15) is 13.2 Å². The van der Waals surface area contributed by atoms with Crippen LogP contribution in [0.2, 0.25) is 0 Å². The first kappa shape index (κ1) is 17.9. The predicted octanol–water partition coefficient (Wildman–Crippen LogP) is 4.11. The summed E-state index contributed by atoms with van der Waals surface area (Å²) in [6, 6.07) is 9.28. The van der Waals surface area contributed by atoms with Crippen LogP contribution in [0.25, 0.3) is 11.3 Å². The first-order chi connectivity index (χ1) is 13.3. The van der Waals surface area contributed by atoms with E-state index in [4.69, 9.17) is 4.52 Å². The predicted molar refractivity (Wildman–Crippen MR) is 90.1 cm³/mol. The van der Waals surface area contributed by atoms with Crippen molar-refractivity contribution in [3.8, 4) is 11.3 Å². The molecule has 0 spiro atoms. The van der Waals surface area contributed by atoms with Crippen LogP contribution >= 0.6 is 0 Å². The molecule has 4 rings (SSSR count). The van der Waals surface area contributed by atoms with Crippen LogP contribution in [0.15, 0.2) is 53.2 Å². The number of amides is 2.